The van der Waals surface area contributed by atoms with Gasteiger partial charge in [0.05, 0.1) is 27.1 Å². The molecule has 4 aliphatic heterocycles. The molecule has 6 N–H and O–H groups in total. The zero-order valence-electron chi connectivity index (χ0n) is 55.2. The fraction of sp³-hybridized carbons (Fsp3) is 0.415. The number of rotatable bonds is 22. The number of aromatic nitrogens is 16. The number of hydrogen-bond donors (Lipinski definition) is 3. The quantitative estimate of drug-likeness (QED) is 0.0585. The maximum Gasteiger partial charge on any atom is 0.203 e. The Morgan fingerprint density at radius 2 is 0.818 bits per heavy atom. The molecule has 0 radical (unpaired) electrons. The molecular weight excluding hydrogens is 1410 g/mol. The van der Waals surface area contributed by atoms with Crippen molar-refractivity contribution in [2.45, 2.75) is 76.0 Å². The van der Waals surface area contributed by atoms with Gasteiger partial charge in [0.2, 0.25) is 10.3 Å². The number of Topliss-reactive ketones (excluding diaryl/α,β-unsaturated/α-hetero) is 2. The summed E-state index contributed by atoms with van der Waals surface area (Å²) < 4.78 is 22.2. The first kappa shape index (κ1) is 72.8. The number of hydrogen-bond acceptors (Lipinski definition) is 33. The average molecular weight is 1490 g/mol. The van der Waals surface area contributed by atoms with E-state index in [1.165, 1.54) is 59.6 Å². The van der Waals surface area contributed by atoms with Crippen LogP contribution in [0.1, 0.15) is 74.1 Å². The second-order valence-corrected chi connectivity index (χ2v) is 29.1. The second kappa shape index (κ2) is 37.3. The summed E-state index contributed by atoms with van der Waals surface area (Å²) in [7, 11) is 6.28. The van der Waals surface area contributed by atoms with Crippen molar-refractivity contribution >= 4 is 106 Å². The monoisotopic (exact) mass is 1480 g/mol. The summed E-state index contributed by atoms with van der Waals surface area (Å²) in [5, 5.41) is 69.8. The largest absolute Gasteiger partial charge is 0.497 e. The number of nitrogens with zero attached hydrogens (tertiary/aromatic N) is 20. The maximum absolute atomic E-state index is 12.9. The maximum atomic E-state index is 12.9. The highest BCUT2D eigenvalue weighted by atomic mass is 79.9. The van der Waals surface area contributed by atoms with Gasteiger partial charge in [-0.3, -0.25) is 9.59 Å². The van der Waals surface area contributed by atoms with E-state index in [2.05, 4.69) is 117 Å². The van der Waals surface area contributed by atoms with E-state index in [1.54, 1.807) is 39.0 Å². The highest BCUT2D eigenvalue weighted by Gasteiger charge is 2.30. The van der Waals surface area contributed by atoms with Crippen molar-refractivity contribution in [3.05, 3.63) is 162 Å². The van der Waals surface area contributed by atoms with Gasteiger partial charge in [-0.15, -0.1) is 83.9 Å². The number of anilines is 6. The van der Waals surface area contributed by atoms with Crippen LogP contribution in [0.5, 0.6) is 11.5 Å². The highest BCUT2D eigenvalue weighted by molar-refractivity contribution is 9.11. The van der Waals surface area contributed by atoms with Gasteiger partial charge in [-0.05, 0) is 143 Å². The molecule has 12 heterocycles. The molecule has 8 aromatic heterocycles. The van der Waals surface area contributed by atoms with Gasteiger partial charge in [0.25, 0.3) is 0 Å². The molecule has 4 fully saturated rings. The number of ether oxygens (including phenoxy) is 4. The summed E-state index contributed by atoms with van der Waals surface area (Å²) in [5.74, 6) is 6.58. The SMILES string of the molecule is COc1cccc([C@@H](OC)C(=O)Cc2nnc(C[C@@H]3CCN(c4cccnn4)C3)s2)c1.COc1cccc([C@H](OC)C(=O)Cc2nnc(C[C@@H]3CCN(c4cccnn4)C3)s2)c1.N[C@@H]1CCN(c2cccnn2)C1.Nc1nnc(Br)s1.Nc1nnc(C[C@@H]2CCN(c3cccnn3)C2)s1. The molecule has 4 saturated heterocycles. The van der Waals surface area contributed by atoms with Gasteiger partial charge in [-0.2, -0.15) is 20.4 Å². The lowest BCUT2D eigenvalue weighted by Gasteiger charge is -2.15. The van der Waals surface area contributed by atoms with Crippen LogP contribution in [0.4, 0.5) is 33.5 Å². The van der Waals surface area contributed by atoms with Crippen molar-refractivity contribution in [3.8, 4) is 11.5 Å². The average Bonchev–Trinajstić information content (AvgIpc) is 1.75. The minimum absolute atomic E-state index is 0.0480. The van der Waals surface area contributed by atoms with Gasteiger partial charge in [0.1, 0.15) is 48.7 Å². The molecule has 2 aromatic carbocycles. The van der Waals surface area contributed by atoms with Crippen molar-refractivity contribution in [2.24, 2.45) is 23.5 Å². The van der Waals surface area contributed by atoms with E-state index >= 15 is 0 Å². The molecule has 0 saturated carbocycles. The molecule has 0 bridgehead atoms. The molecular formula is C65H78BrN23O6S4. The topological polar surface area (TPSA) is 368 Å². The fourth-order valence-corrected chi connectivity index (χ4v) is 15.2. The van der Waals surface area contributed by atoms with Gasteiger partial charge >= 0.3 is 0 Å². The first-order valence-electron chi connectivity index (χ1n) is 32.0. The Morgan fingerprint density at radius 3 is 1.13 bits per heavy atom. The number of nitrogens with two attached hydrogens (primary N) is 3. The van der Waals surface area contributed by atoms with Gasteiger partial charge in [-0.1, -0.05) is 46.9 Å². The first-order valence-corrected chi connectivity index (χ1v) is 36.0. The fourth-order valence-electron chi connectivity index (χ4n) is 11.7. The Labute approximate surface area is 597 Å². The van der Waals surface area contributed by atoms with Crippen molar-refractivity contribution < 1.29 is 28.5 Å². The number of halogens is 1. The summed E-state index contributed by atoms with van der Waals surface area (Å²) in [5.41, 5.74) is 18.1. The number of carbonyl (C=O) groups excluding carboxylic acids is 2. The Hall–Kier alpha value is -8.90. The third-order valence-electron chi connectivity index (χ3n) is 16.4. The van der Waals surface area contributed by atoms with E-state index in [0.717, 1.165) is 151 Å². The smallest absolute Gasteiger partial charge is 0.203 e. The third kappa shape index (κ3) is 22.0. The Bertz CT molecular complexity index is 3880. The lowest BCUT2D eigenvalue weighted by atomic mass is 10.0. The molecule has 0 amide bonds. The number of methoxy groups -OCH3 is 4. The minimum atomic E-state index is -0.655. The molecule has 29 nitrogen and oxygen atoms in total. The van der Waals surface area contributed by atoms with Crippen LogP contribution in [0.15, 0.2) is 126 Å². The van der Waals surface area contributed by atoms with Gasteiger partial charge < -0.3 is 55.7 Å². The van der Waals surface area contributed by atoms with Crippen molar-refractivity contribution in [3.63, 3.8) is 0 Å². The molecule has 34 heteroatoms. The van der Waals surface area contributed by atoms with Crippen molar-refractivity contribution in [1.29, 1.82) is 0 Å². The summed E-state index contributed by atoms with van der Waals surface area (Å²) in [6.07, 6.45) is 12.8. The molecule has 0 unspecified atom stereocenters. The minimum Gasteiger partial charge on any atom is -0.497 e. The van der Waals surface area contributed by atoms with Crippen LogP contribution in [-0.2, 0) is 51.2 Å². The second-order valence-electron chi connectivity index (χ2n) is 23.4. The first-order chi connectivity index (χ1) is 48.3. The number of benzene rings is 2. The van der Waals surface area contributed by atoms with Crippen LogP contribution in [-0.4, -0.2) is 180 Å². The normalized spacial score (nSPS) is 17.6. The third-order valence-corrected chi connectivity index (χ3v) is 20.3. The number of carbonyl (C=O) groups is 2. The van der Waals surface area contributed by atoms with E-state index in [-0.39, 0.29) is 24.4 Å². The molecule has 4 aliphatic rings. The molecule has 0 aliphatic carbocycles. The van der Waals surface area contributed by atoms with Crippen LogP contribution < -0.4 is 46.3 Å². The van der Waals surface area contributed by atoms with E-state index < -0.39 is 12.2 Å². The van der Waals surface area contributed by atoms with Gasteiger partial charge in [-0.25, -0.2) is 0 Å². The number of nitrogen functional groups attached to an aromatic ring is 2. The zero-order valence-corrected chi connectivity index (χ0v) is 60.0. The van der Waals surface area contributed by atoms with Gasteiger partial charge in [0.15, 0.2) is 38.8 Å². The molecule has 6 atom stereocenters. The Kier molecular flexibility index (Phi) is 27.5. The van der Waals surface area contributed by atoms with Crippen LogP contribution in [0.25, 0.3) is 0 Å². The summed E-state index contributed by atoms with van der Waals surface area (Å²) in [6, 6.07) is 30.6. The summed E-state index contributed by atoms with van der Waals surface area (Å²) in [4.78, 5) is 34.6. The molecule has 10 aromatic rings. The zero-order chi connectivity index (χ0) is 69.3. The Morgan fingerprint density at radius 1 is 0.455 bits per heavy atom. The van der Waals surface area contributed by atoms with Crippen LogP contribution in [0.2, 0.25) is 0 Å². The Balaban J connectivity index is 0.000000145. The summed E-state index contributed by atoms with van der Waals surface area (Å²) in [6.45, 7) is 7.70. The van der Waals surface area contributed by atoms with Crippen LogP contribution in [0, 0.1) is 17.8 Å². The lowest BCUT2D eigenvalue weighted by Crippen LogP contribution is -2.26. The molecule has 0 spiro atoms. The van der Waals surface area contributed by atoms with E-state index in [1.807, 2.05) is 97.1 Å². The predicted molar refractivity (Wildman–Crippen MR) is 384 cm³/mol. The van der Waals surface area contributed by atoms with Crippen LogP contribution >= 0.6 is 61.3 Å². The van der Waals surface area contributed by atoms with E-state index in [9.17, 15) is 9.59 Å². The lowest BCUT2D eigenvalue weighted by molar-refractivity contribution is -0.129. The van der Waals surface area contributed by atoms with Gasteiger partial charge in [0, 0.05) is 117 Å². The van der Waals surface area contributed by atoms with E-state index in [0.29, 0.717) is 55.6 Å². The van der Waals surface area contributed by atoms with Crippen molar-refractivity contribution in [1.82, 2.24) is 81.6 Å². The molecule has 99 heavy (non-hydrogen) atoms. The molecule has 520 valence electrons. The number of ketones is 2. The standard InChI is InChI=1S/2C22H25N5O3S.C11H14N6S.C8H12N4.C2H2BrN3S/c2*1-29-17-6-3-5-16(12-17)22(30-2)18(28)13-21-26-25-20(31-21)11-15-8-10-27(14-15)19-7-4-9-23-24-19;12-11-16-15-10(18-11)6-8-3-5-17(7-8)9-2-1-4-13-14-9;9-7-3-5-12(6-7)8-2-1-4-10-11-8;3-1-5-6-2(4)7-1/h2*3-7,9,12,15,22H,8,10-11,13-14H2,1-2H3;1-2,4,8H,3,5-7H2,(H2,12,16);1-2,4,7H,3,5-6,9H2;(H2,4,6)/t15-,22+;15-,22-;8-;7-;/m0001./s1. The van der Waals surface area contributed by atoms with Crippen molar-refractivity contribution in [2.75, 3.05) is 112 Å². The van der Waals surface area contributed by atoms with Crippen LogP contribution in [0.3, 0.4) is 0 Å². The van der Waals surface area contributed by atoms with E-state index in [4.69, 9.17) is 36.1 Å². The molecule has 14 rings (SSSR count). The summed E-state index contributed by atoms with van der Waals surface area (Å²) >= 11 is 8.90. The highest BCUT2D eigenvalue weighted by Crippen LogP contribution is 2.32. The predicted octanol–water partition coefficient (Wildman–Crippen LogP) is 7.69.